The van der Waals surface area contributed by atoms with Crippen molar-refractivity contribution < 1.29 is 35.0 Å². The first-order chi connectivity index (χ1) is 9.43. The predicted octanol–water partition coefficient (Wildman–Crippen LogP) is -1.83. The lowest BCUT2D eigenvalue weighted by Gasteiger charge is -2.30. The Morgan fingerprint density at radius 2 is 1.76 bits per heavy atom. The molecule has 1 aromatic rings. The van der Waals surface area contributed by atoms with E-state index in [1.54, 1.807) is 0 Å². The number of nitrogens with zero attached hydrogens (tertiary/aromatic N) is 1. The van der Waals surface area contributed by atoms with E-state index >= 15 is 0 Å². The van der Waals surface area contributed by atoms with Crippen LogP contribution in [0.25, 0.3) is 0 Å². The zero-order valence-corrected chi connectivity index (χ0v) is 11.9. The fraction of sp³-hybridized carbons (Fsp3) is 0.417. The van der Waals surface area contributed by atoms with Crippen molar-refractivity contribution in [3.63, 3.8) is 0 Å². The second-order valence-electron chi connectivity index (χ2n) is 4.94. The van der Waals surface area contributed by atoms with Crippen LogP contribution in [0.1, 0.15) is 31.3 Å². The molecule has 1 rings (SSSR count). The molecular formula is C12H18BNO7. The molecule has 0 saturated carbocycles. The first-order valence-corrected chi connectivity index (χ1v) is 5.89. The van der Waals surface area contributed by atoms with Crippen LogP contribution in [0.15, 0.2) is 18.3 Å². The summed E-state index contributed by atoms with van der Waals surface area (Å²) in [7, 11) is -1.52. The molecule has 1 atom stereocenters. The molecule has 1 unspecified atom stereocenters. The summed E-state index contributed by atoms with van der Waals surface area (Å²) >= 11 is 0. The van der Waals surface area contributed by atoms with E-state index in [-0.39, 0.29) is 11.2 Å². The number of hydrogen-bond donors (Lipinski definition) is 5. The second-order valence-corrected chi connectivity index (χ2v) is 4.94. The Kier molecular flexibility index (Phi) is 6.65. The molecule has 1 aromatic heterocycles. The lowest BCUT2D eigenvalue weighted by Crippen LogP contribution is -2.53. The number of hydrogen-bond acceptors (Lipinski definition) is 7. The molecule has 1 heterocycles. The van der Waals surface area contributed by atoms with E-state index in [0.717, 1.165) is 6.92 Å². The maximum atomic E-state index is 10.3. The van der Waals surface area contributed by atoms with Crippen LogP contribution >= 0.6 is 0 Å². The molecule has 116 valence electrons. The van der Waals surface area contributed by atoms with Crippen LogP contribution in [-0.2, 0) is 4.79 Å². The number of aliphatic hydroxyl groups is 2. The summed E-state index contributed by atoms with van der Waals surface area (Å²) in [6.45, 7) is 3.53. The van der Waals surface area contributed by atoms with Crippen molar-refractivity contribution in [3.05, 3.63) is 24.0 Å². The molecule has 0 amide bonds. The van der Waals surface area contributed by atoms with Gasteiger partial charge < -0.3 is 25.4 Å². The Morgan fingerprint density at radius 1 is 1.24 bits per heavy atom. The van der Waals surface area contributed by atoms with E-state index in [9.17, 15) is 9.59 Å². The minimum atomic E-state index is -2.09. The smallest absolute Gasteiger partial charge is 0.479 e. The Morgan fingerprint density at radius 3 is 1.95 bits per heavy atom. The van der Waals surface area contributed by atoms with Gasteiger partial charge in [0.05, 0.1) is 5.60 Å². The van der Waals surface area contributed by atoms with Gasteiger partial charge in [-0.25, -0.2) is 4.79 Å². The van der Waals surface area contributed by atoms with Crippen LogP contribution in [0.5, 0.6) is 0 Å². The largest absolute Gasteiger partial charge is 0.490 e. The van der Waals surface area contributed by atoms with Crippen molar-refractivity contribution in [2.75, 3.05) is 0 Å². The molecule has 0 spiro atoms. The topological polar surface area (TPSA) is 148 Å². The normalized spacial score (nSPS) is 13.5. The van der Waals surface area contributed by atoms with Crippen molar-refractivity contribution in [3.8, 4) is 0 Å². The van der Waals surface area contributed by atoms with Crippen LogP contribution in [0.3, 0.4) is 0 Å². The standard InChI is InChI=1S/C6H6BNO3.C6H12O4/c9-4-6-2-1-5(3-8-6)7(10)11;1-5(2,9)6(3,10)4(7)8/h1-4,10-11H;9-10H,1-3H3,(H,7,8). The number of aldehydes is 1. The van der Waals surface area contributed by atoms with Crippen LogP contribution in [0, 0.1) is 0 Å². The minimum absolute atomic E-state index is 0.273. The molecule has 8 nitrogen and oxygen atoms in total. The van der Waals surface area contributed by atoms with Gasteiger partial charge in [-0.2, -0.15) is 0 Å². The summed E-state index contributed by atoms with van der Waals surface area (Å²) in [5.41, 5.74) is -3.17. The highest BCUT2D eigenvalue weighted by Gasteiger charge is 2.44. The molecule has 9 heteroatoms. The zero-order chi connectivity index (χ0) is 16.8. The third kappa shape index (κ3) is 5.60. The summed E-state index contributed by atoms with van der Waals surface area (Å²) in [6, 6.07) is 2.85. The molecular weight excluding hydrogens is 281 g/mol. The SMILES string of the molecule is CC(C)(O)C(C)(O)C(=O)O.O=Cc1ccc(B(O)O)cn1. The Hall–Kier alpha value is -1.81. The molecule has 0 aliphatic heterocycles. The number of rotatable bonds is 4. The third-order valence-electron chi connectivity index (χ3n) is 2.84. The van der Waals surface area contributed by atoms with Crippen LogP contribution in [-0.4, -0.2) is 60.9 Å². The molecule has 5 N–H and O–H groups in total. The summed E-state index contributed by atoms with van der Waals surface area (Å²) in [6.07, 6.45) is 1.84. The number of aliphatic carboxylic acids is 1. The Balaban J connectivity index is 0.000000384. The van der Waals surface area contributed by atoms with E-state index in [1.807, 2.05) is 0 Å². The van der Waals surface area contributed by atoms with Gasteiger partial charge in [0.1, 0.15) is 5.69 Å². The fourth-order valence-corrected chi connectivity index (χ4v) is 0.901. The van der Waals surface area contributed by atoms with Gasteiger partial charge in [-0.3, -0.25) is 9.78 Å². The lowest BCUT2D eigenvalue weighted by atomic mass is 9.82. The van der Waals surface area contributed by atoms with E-state index in [4.69, 9.17) is 25.4 Å². The number of aromatic nitrogens is 1. The molecule has 0 saturated heterocycles. The quantitative estimate of drug-likeness (QED) is 0.322. The van der Waals surface area contributed by atoms with Gasteiger partial charge in [-0.05, 0) is 26.8 Å². The predicted molar refractivity (Wildman–Crippen MR) is 74.0 cm³/mol. The maximum Gasteiger partial charge on any atom is 0.490 e. The van der Waals surface area contributed by atoms with E-state index in [2.05, 4.69) is 4.98 Å². The monoisotopic (exact) mass is 299 g/mol. The van der Waals surface area contributed by atoms with Gasteiger partial charge in [0.15, 0.2) is 11.9 Å². The summed E-state index contributed by atoms with van der Waals surface area (Å²) < 4.78 is 0. The summed E-state index contributed by atoms with van der Waals surface area (Å²) in [5.74, 6) is -1.43. The van der Waals surface area contributed by atoms with E-state index < -0.39 is 24.3 Å². The molecule has 0 bridgehead atoms. The second kappa shape index (κ2) is 7.27. The fourth-order valence-electron chi connectivity index (χ4n) is 0.901. The highest BCUT2D eigenvalue weighted by atomic mass is 16.4. The van der Waals surface area contributed by atoms with Crippen molar-refractivity contribution in [2.24, 2.45) is 0 Å². The average Bonchev–Trinajstić information content (AvgIpc) is 2.38. The number of carboxylic acid groups (broad SMARTS) is 1. The minimum Gasteiger partial charge on any atom is -0.479 e. The van der Waals surface area contributed by atoms with E-state index in [1.165, 1.54) is 32.2 Å². The van der Waals surface area contributed by atoms with Crippen molar-refractivity contribution in [1.29, 1.82) is 0 Å². The van der Waals surface area contributed by atoms with Crippen molar-refractivity contribution in [1.82, 2.24) is 4.98 Å². The summed E-state index contributed by atoms with van der Waals surface area (Å²) in [5, 5.41) is 43.8. The van der Waals surface area contributed by atoms with Crippen molar-refractivity contribution in [2.45, 2.75) is 32.0 Å². The van der Waals surface area contributed by atoms with Gasteiger partial charge in [0, 0.05) is 11.7 Å². The van der Waals surface area contributed by atoms with Crippen molar-refractivity contribution >= 4 is 24.8 Å². The first-order valence-electron chi connectivity index (χ1n) is 5.89. The average molecular weight is 299 g/mol. The highest BCUT2D eigenvalue weighted by molar-refractivity contribution is 6.58. The lowest BCUT2D eigenvalue weighted by molar-refractivity contribution is -0.181. The molecule has 0 aliphatic rings. The van der Waals surface area contributed by atoms with Crippen LogP contribution in [0.4, 0.5) is 0 Å². The van der Waals surface area contributed by atoms with Gasteiger partial charge in [-0.1, -0.05) is 6.07 Å². The zero-order valence-electron chi connectivity index (χ0n) is 11.9. The maximum absolute atomic E-state index is 10.3. The number of pyridine rings is 1. The molecule has 21 heavy (non-hydrogen) atoms. The number of carboxylic acids is 1. The van der Waals surface area contributed by atoms with Gasteiger partial charge in [0.25, 0.3) is 0 Å². The molecule has 0 aliphatic carbocycles. The van der Waals surface area contributed by atoms with Gasteiger partial charge in [0.2, 0.25) is 0 Å². The van der Waals surface area contributed by atoms with Gasteiger partial charge >= 0.3 is 13.1 Å². The molecule has 0 aromatic carbocycles. The number of carbonyl (C=O) groups is 2. The third-order valence-corrected chi connectivity index (χ3v) is 2.84. The van der Waals surface area contributed by atoms with Crippen LogP contribution < -0.4 is 5.46 Å². The molecule has 0 fully saturated rings. The van der Waals surface area contributed by atoms with Gasteiger partial charge in [-0.15, -0.1) is 0 Å². The summed E-state index contributed by atoms with van der Waals surface area (Å²) in [4.78, 5) is 24.0. The molecule has 0 radical (unpaired) electrons. The van der Waals surface area contributed by atoms with E-state index in [0.29, 0.717) is 6.29 Å². The van der Waals surface area contributed by atoms with Crippen LogP contribution in [0.2, 0.25) is 0 Å². The highest BCUT2D eigenvalue weighted by Crippen LogP contribution is 2.20. The first kappa shape index (κ1) is 19.2. The number of carbonyl (C=O) groups excluding carboxylic acids is 1. The Bertz CT molecular complexity index is 479. The Labute approximate surface area is 121 Å².